The number of aryl methyl sites for hydroxylation is 1. The number of aromatic nitrogens is 2. The Balaban J connectivity index is 1.72. The summed E-state index contributed by atoms with van der Waals surface area (Å²) in [5.41, 5.74) is -0.152. The van der Waals surface area contributed by atoms with E-state index in [0.29, 0.717) is 31.9 Å². The zero-order chi connectivity index (χ0) is 18.1. The van der Waals surface area contributed by atoms with Crippen molar-refractivity contribution in [1.82, 2.24) is 15.1 Å². The van der Waals surface area contributed by atoms with E-state index < -0.39 is 6.10 Å². The van der Waals surface area contributed by atoms with Gasteiger partial charge in [0.15, 0.2) is 6.10 Å². The summed E-state index contributed by atoms with van der Waals surface area (Å²) in [5, 5.41) is 6.75. The molecule has 1 N–H and O–H groups in total. The maximum absolute atomic E-state index is 12.1. The Morgan fingerprint density at radius 3 is 2.64 bits per heavy atom. The van der Waals surface area contributed by atoms with E-state index in [9.17, 15) is 9.59 Å². The van der Waals surface area contributed by atoms with Gasteiger partial charge in [-0.25, -0.2) is 4.68 Å². The fraction of sp³-hybridized carbons (Fsp3) is 0.389. The standard InChI is InChI=1S/C18H23N3O4/c1-3-24-15-7-9-16(10-8-15)25-14(2)18(23)19-11-5-13-21-17(22)6-4-12-20-21/h4,6-10,12,14H,3,5,11,13H2,1-2H3,(H,19,23). The molecular formula is C18H23N3O4. The van der Waals surface area contributed by atoms with Crippen LogP contribution in [0.2, 0.25) is 0 Å². The lowest BCUT2D eigenvalue weighted by Gasteiger charge is -2.15. The summed E-state index contributed by atoms with van der Waals surface area (Å²) in [7, 11) is 0. The van der Waals surface area contributed by atoms with Crippen molar-refractivity contribution in [2.75, 3.05) is 13.2 Å². The highest BCUT2D eigenvalue weighted by atomic mass is 16.5. The average Bonchev–Trinajstić information content (AvgIpc) is 2.61. The molecule has 25 heavy (non-hydrogen) atoms. The molecule has 0 bridgehead atoms. The highest BCUT2D eigenvalue weighted by Gasteiger charge is 2.14. The van der Waals surface area contributed by atoms with Gasteiger partial charge in [0.1, 0.15) is 11.5 Å². The Hall–Kier alpha value is -2.83. The van der Waals surface area contributed by atoms with Gasteiger partial charge in [-0.1, -0.05) is 0 Å². The van der Waals surface area contributed by atoms with E-state index in [0.717, 1.165) is 5.75 Å². The summed E-state index contributed by atoms with van der Waals surface area (Å²) in [6.45, 7) is 5.10. The summed E-state index contributed by atoms with van der Waals surface area (Å²) in [5.74, 6) is 1.16. The predicted octanol–water partition coefficient (Wildman–Crippen LogP) is 1.62. The minimum atomic E-state index is -0.615. The van der Waals surface area contributed by atoms with Crippen molar-refractivity contribution in [1.29, 1.82) is 0 Å². The Labute approximate surface area is 146 Å². The maximum Gasteiger partial charge on any atom is 0.266 e. The molecule has 1 unspecified atom stereocenters. The van der Waals surface area contributed by atoms with Gasteiger partial charge in [0.05, 0.1) is 6.61 Å². The second-order valence-corrected chi connectivity index (χ2v) is 5.39. The Morgan fingerprint density at radius 2 is 1.96 bits per heavy atom. The molecule has 1 atom stereocenters. The van der Waals surface area contributed by atoms with E-state index in [2.05, 4.69) is 10.4 Å². The van der Waals surface area contributed by atoms with Crippen LogP contribution in [-0.4, -0.2) is 34.9 Å². The SMILES string of the molecule is CCOc1ccc(OC(C)C(=O)NCCCn2ncccc2=O)cc1. The van der Waals surface area contributed by atoms with Gasteiger partial charge in [-0.2, -0.15) is 5.10 Å². The molecule has 1 aromatic carbocycles. The van der Waals surface area contributed by atoms with E-state index in [1.165, 1.54) is 10.7 Å². The molecule has 7 heteroatoms. The lowest BCUT2D eigenvalue weighted by Crippen LogP contribution is -2.37. The first-order valence-electron chi connectivity index (χ1n) is 8.29. The van der Waals surface area contributed by atoms with Crippen molar-refractivity contribution in [2.24, 2.45) is 0 Å². The molecule has 2 aromatic rings. The highest BCUT2D eigenvalue weighted by Crippen LogP contribution is 2.18. The number of benzene rings is 1. The first kappa shape index (κ1) is 18.5. The lowest BCUT2D eigenvalue weighted by molar-refractivity contribution is -0.127. The summed E-state index contributed by atoms with van der Waals surface area (Å²) >= 11 is 0. The van der Waals surface area contributed by atoms with Gasteiger partial charge < -0.3 is 14.8 Å². The maximum atomic E-state index is 12.1. The third-order valence-electron chi connectivity index (χ3n) is 3.45. The van der Waals surface area contributed by atoms with E-state index in [1.54, 1.807) is 43.5 Å². The number of nitrogens with zero attached hydrogens (tertiary/aromatic N) is 2. The van der Waals surface area contributed by atoms with Crippen molar-refractivity contribution in [3.63, 3.8) is 0 Å². The lowest BCUT2D eigenvalue weighted by atomic mass is 10.3. The van der Waals surface area contributed by atoms with Crippen LogP contribution >= 0.6 is 0 Å². The second-order valence-electron chi connectivity index (χ2n) is 5.39. The van der Waals surface area contributed by atoms with Crippen LogP contribution in [0.15, 0.2) is 47.4 Å². The molecule has 1 heterocycles. The minimum absolute atomic E-state index is 0.152. The van der Waals surface area contributed by atoms with Gasteiger partial charge in [-0.3, -0.25) is 9.59 Å². The smallest absolute Gasteiger partial charge is 0.266 e. The Kier molecular flexibility index (Phi) is 7.00. The van der Waals surface area contributed by atoms with Crippen LogP contribution in [0, 0.1) is 0 Å². The highest BCUT2D eigenvalue weighted by molar-refractivity contribution is 5.80. The molecule has 2 rings (SSSR count). The molecule has 0 aliphatic rings. The first-order valence-corrected chi connectivity index (χ1v) is 8.29. The summed E-state index contributed by atoms with van der Waals surface area (Å²) in [6, 6.07) is 10.2. The fourth-order valence-corrected chi connectivity index (χ4v) is 2.18. The third kappa shape index (κ3) is 5.95. The normalized spacial score (nSPS) is 11.6. The second kappa shape index (κ2) is 9.46. The number of carbonyl (C=O) groups is 1. The number of rotatable bonds is 9. The monoisotopic (exact) mass is 345 g/mol. The third-order valence-corrected chi connectivity index (χ3v) is 3.45. The Bertz CT molecular complexity index is 728. The van der Waals surface area contributed by atoms with Crippen molar-refractivity contribution in [2.45, 2.75) is 32.9 Å². The molecule has 7 nitrogen and oxygen atoms in total. The number of carbonyl (C=O) groups excluding carboxylic acids is 1. The minimum Gasteiger partial charge on any atom is -0.494 e. The van der Waals surface area contributed by atoms with Crippen LogP contribution in [0.25, 0.3) is 0 Å². The predicted molar refractivity (Wildman–Crippen MR) is 93.8 cm³/mol. The number of ether oxygens (including phenoxy) is 2. The summed E-state index contributed by atoms with van der Waals surface area (Å²) < 4.78 is 12.3. The van der Waals surface area contributed by atoms with E-state index in [-0.39, 0.29) is 11.5 Å². The van der Waals surface area contributed by atoms with Gasteiger partial charge in [-0.05, 0) is 50.6 Å². The molecule has 0 radical (unpaired) electrons. The van der Waals surface area contributed by atoms with Crippen molar-refractivity contribution in [3.8, 4) is 11.5 Å². The van der Waals surface area contributed by atoms with Crippen LogP contribution in [0.1, 0.15) is 20.3 Å². The number of amides is 1. The largest absolute Gasteiger partial charge is 0.494 e. The average molecular weight is 345 g/mol. The van der Waals surface area contributed by atoms with Crippen LogP contribution < -0.4 is 20.3 Å². The molecule has 0 saturated carbocycles. The van der Waals surface area contributed by atoms with Crippen LogP contribution in [0.3, 0.4) is 0 Å². The van der Waals surface area contributed by atoms with Gasteiger partial charge in [0.25, 0.3) is 11.5 Å². The molecule has 0 aliphatic carbocycles. The van der Waals surface area contributed by atoms with Crippen molar-refractivity contribution in [3.05, 3.63) is 52.9 Å². The van der Waals surface area contributed by atoms with E-state index in [4.69, 9.17) is 9.47 Å². The van der Waals surface area contributed by atoms with E-state index in [1.807, 2.05) is 6.92 Å². The van der Waals surface area contributed by atoms with Gasteiger partial charge in [-0.15, -0.1) is 0 Å². The molecule has 1 amide bonds. The topological polar surface area (TPSA) is 82.4 Å². The van der Waals surface area contributed by atoms with Crippen LogP contribution in [0.5, 0.6) is 11.5 Å². The molecule has 134 valence electrons. The summed E-state index contributed by atoms with van der Waals surface area (Å²) in [6.07, 6.45) is 1.56. The summed E-state index contributed by atoms with van der Waals surface area (Å²) in [4.78, 5) is 23.6. The van der Waals surface area contributed by atoms with Crippen molar-refractivity contribution >= 4 is 5.91 Å². The number of hydrogen-bond donors (Lipinski definition) is 1. The quantitative estimate of drug-likeness (QED) is 0.698. The van der Waals surface area contributed by atoms with Gasteiger partial charge >= 0.3 is 0 Å². The van der Waals surface area contributed by atoms with Crippen LogP contribution in [-0.2, 0) is 11.3 Å². The first-order chi connectivity index (χ1) is 12.1. The zero-order valence-corrected chi connectivity index (χ0v) is 14.5. The van der Waals surface area contributed by atoms with E-state index >= 15 is 0 Å². The van der Waals surface area contributed by atoms with Gasteiger partial charge in [0.2, 0.25) is 0 Å². The molecule has 0 aliphatic heterocycles. The molecular weight excluding hydrogens is 322 g/mol. The molecule has 0 saturated heterocycles. The Morgan fingerprint density at radius 1 is 1.24 bits per heavy atom. The number of hydrogen-bond acceptors (Lipinski definition) is 5. The van der Waals surface area contributed by atoms with Crippen LogP contribution in [0.4, 0.5) is 0 Å². The zero-order valence-electron chi connectivity index (χ0n) is 14.5. The molecule has 0 spiro atoms. The number of nitrogens with one attached hydrogen (secondary N) is 1. The van der Waals surface area contributed by atoms with Gasteiger partial charge in [0, 0.05) is 25.4 Å². The molecule has 1 aromatic heterocycles. The molecule has 0 fully saturated rings. The van der Waals surface area contributed by atoms with Crippen molar-refractivity contribution < 1.29 is 14.3 Å². The fourth-order valence-electron chi connectivity index (χ4n) is 2.18.